The summed E-state index contributed by atoms with van der Waals surface area (Å²) in [5, 5.41) is 6.25. The average molecular weight is 645 g/mol. The van der Waals surface area contributed by atoms with Gasteiger partial charge in [-0.25, -0.2) is 8.42 Å². The van der Waals surface area contributed by atoms with Crippen molar-refractivity contribution in [2.75, 3.05) is 59.1 Å². The van der Waals surface area contributed by atoms with E-state index in [2.05, 4.69) is 10.6 Å². The van der Waals surface area contributed by atoms with Gasteiger partial charge >= 0.3 is 0 Å². The molecule has 0 saturated carbocycles. The average Bonchev–Trinajstić information content (AvgIpc) is 3.25. The molecule has 0 bridgehead atoms. The molecular weight excluding hydrogens is 600 g/mol. The lowest BCUT2D eigenvalue weighted by molar-refractivity contribution is -0.134. The molecule has 0 spiro atoms. The maximum absolute atomic E-state index is 13.9. The van der Waals surface area contributed by atoms with Crippen LogP contribution in [0.2, 0.25) is 0 Å². The summed E-state index contributed by atoms with van der Waals surface area (Å²) >= 11 is 0. The van der Waals surface area contributed by atoms with Crippen LogP contribution >= 0.6 is 0 Å². The van der Waals surface area contributed by atoms with E-state index < -0.39 is 22.1 Å². The Bertz CT molecular complexity index is 1610. The summed E-state index contributed by atoms with van der Waals surface area (Å²) in [5.74, 6) is 0.823. The van der Waals surface area contributed by atoms with Gasteiger partial charge < -0.3 is 29.7 Å². The number of sulfonamides is 1. The van der Waals surface area contributed by atoms with Gasteiger partial charge in [0.2, 0.25) is 33.0 Å². The van der Waals surface area contributed by atoms with E-state index in [1.54, 1.807) is 25.2 Å². The van der Waals surface area contributed by atoms with Crippen molar-refractivity contribution in [2.24, 2.45) is 5.92 Å². The van der Waals surface area contributed by atoms with E-state index in [0.717, 1.165) is 17.4 Å². The molecule has 2 aromatic carbocycles. The van der Waals surface area contributed by atoms with Crippen LogP contribution in [0.15, 0.2) is 29.1 Å². The SMILES string of the molecule is CC[C@@H](C)[C@H](Nc1ccc2c(cc1=O)[C@@H](NC(C)=O)CCc1cc(OC)c(OC)c(OC)c1-2)C(=O)N1CCN(S(C)(=O)=O)CC1. The van der Waals surface area contributed by atoms with Crippen LogP contribution in [0.1, 0.15) is 50.8 Å². The number of carbonyl (C=O) groups is 2. The molecule has 2 aliphatic rings. The largest absolute Gasteiger partial charge is 0.493 e. The molecule has 0 unspecified atom stereocenters. The lowest BCUT2D eigenvalue weighted by Gasteiger charge is -2.36. The Morgan fingerprint density at radius 3 is 2.24 bits per heavy atom. The zero-order valence-electron chi connectivity index (χ0n) is 27.1. The first-order valence-electron chi connectivity index (χ1n) is 15.1. The topological polar surface area (TPSA) is 144 Å². The zero-order valence-corrected chi connectivity index (χ0v) is 27.9. The quantitative estimate of drug-likeness (QED) is 0.399. The number of nitrogens with one attached hydrogen (secondary N) is 2. The lowest BCUT2D eigenvalue weighted by atomic mass is 9.95. The molecule has 1 saturated heterocycles. The molecule has 2 aromatic rings. The van der Waals surface area contributed by atoms with Gasteiger partial charge in [0.1, 0.15) is 6.04 Å². The predicted molar refractivity (Wildman–Crippen MR) is 173 cm³/mol. The molecular formula is C32H44N4O8S. The van der Waals surface area contributed by atoms with E-state index >= 15 is 0 Å². The summed E-state index contributed by atoms with van der Waals surface area (Å²) in [4.78, 5) is 41.6. The summed E-state index contributed by atoms with van der Waals surface area (Å²) in [6.45, 7) is 6.33. The maximum atomic E-state index is 13.9. The van der Waals surface area contributed by atoms with E-state index in [4.69, 9.17) is 14.2 Å². The van der Waals surface area contributed by atoms with Crippen LogP contribution in [0, 0.1) is 5.92 Å². The highest BCUT2D eigenvalue weighted by atomic mass is 32.2. The van der Waals surface area contributed by atoms with Crippen molar-refractivity contribution < 1.29 is 32.2 Å². The Morgan fingerprint density at radius 1 is 1.02 bits per heavy atom. The van der Waals surface area contributed by atoms with Gasteiger partial charge in [-0.3, -0.25) is 14.4 Å². The fourth-order valence-corrected chi connectivity index (χ4v) is 6.94. The number of amides is 2. The zero-order chi connectivity index (χ0) is 33.1. The molecule has 0 aromatic heterocycles. The van der Waals surface area contributed by atoms with Crippen LogP contribution in [-0.4, -0.2) is 89.2 Å². The van der Waals surface area contributed by atoms with Gasteiger partial charge in [-0.1, -0.05) is 26.3 Å². The monoisotopic (exact) mass is 644 g/mol. The lowest BCUT2D eigenvalue weighted by Crippen LogP contribution is -2.55. The van der Waals surface area contributed by atoms with Gasteiger partial charge in [0.05, 0.1) is 39.3 Å². The first-order chi connectivity index (χ1) is 21.3. The molecule has 4 rings (SSSR count). The Hall–Kier alpha value is -3.84. The molecule has 45 heavy (non-hydrogen) atoms. The number of hydrogen-bond acceptors (Lipinski definition) is 9. The summed E-state index contributed by atoms with van der Waals surface area (Å²) < 4.78 is 42.5. The first-order valence-corrected chi connectivity index (χ1v) is 17.0. The summed E-state index contributed by atoms with van der Waals surface area (Å²) in [7, 11) is 1.28. The van der Waals surface area contributed by atoms with Crippen molar-refractivity contribution in [2.45, 2.75) is 52.1 Å². The van der Waals surface area contributed by atoms with Crippen LogP contribution in [0.5, 0.6) is 17.2 Å². The number of fused-ring (bicyclic) bond motifs is 3. The van der Waals surface area contributed by atoms with E-state index in [1.807, 2.05) is 26.0 Å². The number of carbonyl (C=O) groups excluding carboxylic acids is 2. The number of nitrogens with zero attached hydrogens (tertiary/aromatic N) is 2. The van der Waals surface area contributed by atoms with Crippen LogP contribution in [0.4, 0.5) is 5.69 Å². The highest BCUT2D eigenvalue weighted by Gasteiger charge is 2.34. The molecule has 1 aliphatic heterocycles. The minimum Gasteiger partial charge on any atom is -0.493 e. The molecule has 1 aliphatic carbocycles. The molecule has 13 heteroatoms. The van der Waals surface area contributed by atoms with E-state index in [1.165, 1.54) is 24.4 Å². The van der Waals surface area contributed by atoms with Crippen molar-refractivity contribution in [1.29, 1.82) is 0 Å². The van der Waals surface area contributed by atoms with Gasteiger partial charge in [0.25, 0.3) is 0 Å². The second kappa shape index (κ2) is 14.1. The van der Waals surface area contributed by atoms with E-state index in [0.29, 0.717) is 47.6 Å². The van der Waals surface area contributed by atoms with Crippen LogP contribution in [0.3, 0.4) is 0 Å². The molecule has 1 heterocycles. The smallest absolute Gasteiger partial charge is 0.245 e. The summed E-state index contributed by atoms with van der Waals surface area (Å²) in [6.07, 6.45) is 2.94. The molecule has 2 amide bonds. The number of benzene rings is 1. The maximum Gasteiger partial charge on any atom is 0.245 e. The third kappa shape index (κ3) is 7.19. The summed E-state index contributed by atoms with van der Waals surface area (Å²) in [5.41, 5.74) is 2.85. The second-order valence-electron chi connectivity index (χ2n) is 11.6. The third-order valence-corrected chi connectivity index (χ3v) is 10.0. The molecule has 246 valence electrons. The van der Waals surface area contributed by atoms with Crippen molar-refractivity contribution in [3.8, 4) is 28.4 Å². The Kier molecular flexibility index (Phi) is 10.6. The van der Waals surface area contributed by atoms with Crippen molar-refractivity contribution in [3.63, 3.8) is 0 Å². The number of anilines is 1. The van der Waals surface area contributed by atoms with Crippen LogP contribution in [0.25, 0.3) is 11.1 Å². The van der Waals surface area contributed by atoms with Crippen molar-refractivity contribution >= 4 is 27.5 Å². The highest BCUT2D eigenvalue weighted by Crippen LogP contribution is 2.50. The Labute approximate surface area is 265 Å². The van der Waals surface area contributed by atoms with Crippen LogP contribution < -0.4 is 30.3 Å². The van der Waals surface area contributed by atoms with E-state index in [-0.39, 0.29) is 55.0 Å². The fraction of sp³-hybridized carbons (Fsp3) is 0.531. The van der Waals surface area contributed by atoms with Gasteiger partial charge in [0, 0.05) is 38.7 Å². The van der Waals surface area contributed by atoms with E-state index in [9.17, 15) is 22.8 Å². The fourth-order valence-electron chi connectivity index (χ4n) is 6.11. The van der Waals surface area contributed by atoms with Gasteiger partial charge in [-0.2, -0.15) is 4.31 Å². The number of ether oxygens (including phenoxy) is 3. The van der Waals surface area contributed by atoms with Crippen LogP contribution in [-0.2, 0) is 26.0 Å². The first kappa shape index (κ1) is 34.0. The number of hydrogen-bond donors (Lipinski definition) is 2. The normalized spacial score (nSPS) is 18.0. The van der Waals surface area contributed by atoms with Crippen molar-refractivity contribution in [1.82, 2.24) is 14.5 Å². The summed E-state index contributed by atoms with van der Waals surface area (Å²) in [6, 6.07) is 5.72. The molecule has 12 nitrogen and oxygen atoms in total. The second-order valence-corrected chi connectivity index (χ2v) is 13.6. The molecule has 0 radical (unpaired) electrons. The third-order valence-electron chi connectivity index (χ3n) is 8.73. The molecule has 3 atom stereocenters. The number of methoxy groups -OCH3 is 3. The standard InChI is InChI=1S/C32H44N4O8S/c1-8-19(2)29(32(39)35-13-15-36(16-14-35)45(7,40)41)34-25-12-10-22-23(18-26(25)38)24(33-20(3)37)11-9-21-17-27(42-4)30(43-5)31(44-6)28(21)22/h10,12,17-19,24,29H,8-9,11,13-16H2,1-7H3,(H,33,37)(H,34,38)/t19-,24+,29+/m1/s1. The minimum atomic E-state index is -3.35. The highest BCUT2D eigenvalue weighted by molar-refractivity contribution is 7.88. The number of rotatable bonds is 10. The predicted octanol–water partition coefficient (Wildman–Crippen LogP) is 2.79. The number of piperazine rings is 1. The van der Waals surface area contributed by atoms with Gasteiger partial charge in [-0.15, -0.1) is 0 Å². The van der Waals surface area contributed by atoms with Crippen molar-refractivity contribution in [3.05, 3.63) is 45.6 Å². The Balaban J connectivity index is 1.81. The number of aryl methyl sites for hydroxylation is 1. The van der Waals surface area contributed by atoms with Gasteiger partial charge in [-0.05, 0) is 53.6 Å². The Morgan fingerprint density at radius 2 is 1.69 bits per heavy atom. The van der Waals surface area contributed by atoms with Gasteiger partial charge in [0.15, 0.2) is 11.5 Å². The molecule has 2 N–H and O–H groups in total. The molecule has 1 fully saturated rings. The minimum absolute atomic E-state index is 0.127.